The highest BCUT2D eigenvalue weighted by Crippen LogP contribution is 2.41. The van der Waals surface area contributed by atoms with Crippen LogP contribution in [0.25, 0.3) is 0 Å². The van der Waals surface area contributed by atoms with Crippen molar-refractivity contribution in [3.63, 3.8) is 0 Å². The number of carboxylic acid groups (broad SMARTS) is 1. The van der Waals surface area contributed by atoms with Crippen LogP contribution in [-0.2, 0) is 22.8 Å². The standard InChI is InChI=1S/C34H32N2O7/c1-23(37)32(34(38)39)36(43-22-24-8-3-2-4-9-24)33(27-14-15-30-31(19-27)41-17-16-40-30)28-12-5-6-13-29(28)42-21-26-11-7-10-25(18-26)20-35/h2-15,18-19,23,32-33,37H,16-17,21-22H2,1H3,(H,38,39). The molecule has 1 aliphatic heterocycles. The summed E-state index contributed by atoms with van der Waals surface area (Å²) in [6, 6.07) is 29.0. The summed E-state index contributed by atoms with van der Waals surface area (Å²) in [5, 5.41) is 31.7. The van der Waals surface area contributed by atoms with E-state index in [9.17, 15) is 20.3 Å². The Morgan fingerprint density at radius 3 is 2.37 bits per heavy atom. The fourth-order valence-corrected chi connectivity index (χ4v) is 4.99. The van der Waals surface area contributed by atoms with E-state index < -0.39 is 24.2 Å². The highest BCUT2D eigenvalue weighted by molar-refractivity contribution is 5.74. The Morgan fingerprint density at radius 2 is 1.63 bits per heavy atom. The van der Waals surface area contributed by atoms with Crippen molar-refractivity contribution < 1.29 is 34.1 Å². The normalized spacial score (nSPS) is 14.4. The molecule has 9 nitrogen and oxygen atoms in total. The number of carboxylic acids is 1. The first kappa shape index (κ1) is 29.6. The first-order valence-corrected chi connectivity index (χ1v) is 13.9. The molecule has 2 N–H and O–H groups in total. The molecule has 1 heterocycles. The van der Waals surface area contributed by atoms with E-state index in [0.717, 1.165) is 11.1 Å². The van der Waals surface area contributed by atoms with Crippen molar-refractivity contribution in [3.8, 4) is 23.3 Å². The van der Waals surface area contributed by atoms with Crippen molar-refractivity contribution in [3.05, 3.63) is 125 Å². The quantitative estimate of drug-likeness (QED) is 0.216. The molecule has 0 aromatic heterocycles. The highest BCUT2D eigenvalue weighted by Gasteiger charge is 2.39. The van der Waals surface area contributed by atoms with Crippen LogP contribution < -0.4 is 14.2 Å². The summed E-state index contributed by atoms with van der Waals surface area (Å²) in [5.41, 5.74) is 3.40. The van der Waals surface area contributed by atoms with Gasteiger partial charge in [0.15, 0.2) is 17.5 Å². The molecule has 0 bridgehead atoms. The second kappa shape index (κ2) is 13.9. The minimum Gasteiger partial charge on any atom is -0.489 e. The number of rotatable bonds is 12. The van der Waals surface area contributed by atoms with Gasteiger partial charge in [0, 0.05) is 5.56 Å². The Morgan fingerprint density at radius 1 is 0.907 bits per heavy atom. The summed E-state index contributed by atoms with van der Waals surface area (Å²) >= 11 is 0. The van der Waals surface area contributed by atoms with Crippen LogP contribution in [0.2, 0.25) is 0 Å². The number of hydrogen-bond donors (Lipinski definition) is 2. The van der Waals surface area contributed by atoms with Crippen LogP contribution in [0, 0.1) is 11.3 Å². The zero-order chi connectivity index (χ0) is 30.2. The Hall–Kier alpha value is -4.88. The third-order valence-electron chi connectivity index (χ3n) is 7.01. The molecule has 3 unspecified atom stereocenters. The minimum atomic E-state index is -1.44. The topological polar surface area (TPSA) is 121 Å². The monoisotopic (exact) mass is 580 g/mol. The number of fused-ring (bicyclic) bond motifs is 1. The van der Waals surface area contributed by atoms with Crippen molar-refractivity contribution in [2.45, 2.75) is 38.3 Å². The number of carbonyl (C=O) groups is 1. The first-order valence-electron chi connectivity index (χ1n) is 13.9. The maximum Gasteiger partial charge on any atom is 0.326 e. The molecule has 9 heteroatoms. The summed E-state index contributed by atoms with van der Waals surface area (Å²) in [4.78, 5) is 19.0. The van der Waals surface area contributed by atoms with Gasteiger partial charge in [-0.05, 0) is 53.9 Å². The number of aliphatic hydroxyl groups excluding tert-OH is 1. The number of hydrogen-bond acceptors (Lipinski definition) is 8. The second-order valence-corrected chi connectivity index (χ2v) is 10.1. The summed E-state index contributed by atoms with van der Waals surface area (Å²) in [6.07, 6.45) is -1.30. The van der Waals surface area contributed by atoms with Crippen LogP contribution in [0.3, 0.4) is 0 Å². The van der Waals surface area contributed by atoms with Gasteiger partial charge in [-0.2, -0.15) is 10.3 Å². The van der Waals surface area contributed by atoms with E-state index in [2.05, 4.69) is 6.07 Å². The fraction of sp³-hybridized carbons (Fsp3) is 0.235. The molecule has 43 heavy (non-hydrogen) atoms. The van der Waals surface area contributed by atoms with Crippen molar-refractivity contribution in [2.75, 3.05) is 13.2 Å². The molecule has 3 atom stereocenters. The van der Waals surface area contributed by atoms with E-state index in [1.807, 2.05) is 60.7 Å². The molecule has 0 aliphatic carbocycles. The van der Waals surface area contributed by atoms with Crippen molar-refractivity contribution in [1.82, 2.24) is 5.06 Å². The Labute approximate surface area is 250 Å². The lowest BCUT2D eigenvalue weighted by molar-refractivity contribution is -0.235. The molecular formula is C34H32N2O7. The van der Waals surface area contributed by atoms with Gasteiger partial charge in [0.1, 0.15) is 25.6 Å². The Bertz CT molecular complexity index is 1590. The first-order chi connectivity index (χ1) is 20.9. The SMILES string of the molecule is CC(O)C(C(=O)O)N(OCc1ccccc1)C(c1ccc2c(c1)OCCO2)c1ccccc1OCc1cccc(C#N)c1. The number of para-hydroxylation sites is 1. The van der Waals surface area contributed by atoms with Crippen molar-refractivity contribution >= 4 is 5.97 Å². The zero-order valence-corrected chi connectivity index (χ0v) is 23.6. The van der Waals surface area contributed by atoms with Crippen molar-refractivity contribution in [2.24, 2.45) is 0 Å². The van der Waals surface area contributed by atoms with E-state index >= 15 is 0 Å². The molecule has 0 fully saturated rings. The van der Waals surface area contributed by atoms with E-state index in [-0.39, 0.29) is 13.2 Å². The van der Waals surface area contributed by atoms with Gasteiger partial charge in [-0.3, -0.25) is 9.63 Å². The highest BCUT2D eigenvalue weighted by atomic mass is 16.7. The van der Waals surface area contributed by atoms with Gasteiger partial charge in [0.05, 0.1) is 30.4 Å². The van der Waals surface area contributed by atoms with Crippen LogP contribution in [0.4, 0.5) is 0 Å². The third-order valence-corrected chi connectivity index (χ3v) is 7.01. The lowest BCUT2D eigenvalue weighted by Crippen LogP contribution is -2.49. The molecule has 1 aliphatic rings. The van der Waals surface area contributed by atoms with Gasteiger partial charge in [0.25, 0.3) is 0 Å². The van der Waals surface area contributed by atoms with Gasteiger partial charge in [0.2, 0.25) is 0 Å². The smallest absolute Gasteiger partial charge is 0.326 e. The minimum absolute atomic E-state index is 0.0579. The average molecular weight is 581 g/mol. The van der Waals surface area contributed by atoms with Crippen LogP contribution in [0.1, 0.15) is 40.8 Å². The fourth-order valence-electron chi connectivity index (χ4n) is 4.99. The number of nitriles is 1. The van der Waals surface area contributed by atoms with E-state index in [1.54, 1.807) is 36.4 Å². The number of benzene rings is 4. The van der Waals surface area contributed by atoms with Crippen molar-refractivity contribution in [1.29, 1.82) is 5.26 Å². The largest absolute Gasteiger partial charge is 0.489 e. The molecular weight excluding hydrogens is 548 g/mol. The lowest BCUT2D eigenvalue weighted by Gasteiger charge is -2.37. The molecule has 0 amide bonds. The van der Waals surface area contributed by atoms with Gasteiger partial charge in [-0.25, -0.2) is 0 Å². The number of aliphatic hydroxyl groups is 1. The van der Waals surface area contributed by atoms with Crippen LogP contribution in [0.5, 0.6) is 17.2 Å². The Balaban J connectivity index is 1.60. The molecule has 0 saturated carbocycles. The summed E-state index contributed by atoms with van der Waals surface area (Å²) < 4.78 is 17.9. The maximum absolute atomic E-state index is 12.7. The molecule has 5 rings (SSSR count). The second-order valence-electron chi connectivity index (χ2n) is 10.1. The molecule has 4 aromatic rings. The van der Waals surface area contributed by atoms with Gasteiger partial charge >= 0.3 is 5.97 Å². The predicted molar refractivity (Wildman–Crippen MR) is 157 cm³/mol. The molecule has 4 aromatic carbocycles. The maximum atomic E-state index is 12.7. The van der Waals surface area contributed by atoms with Gasteiger partial charge in [-0.15, -0.1) is 0 Å². The van der Waals surface area contributed by atoms with Gasteiger partial charge in [-0.1, -0.05) is 66.7 Å². The number of ether oxygens (including phenoxy) is 3. The molecule has 220 valence electrons. The molecule has 0 saturated heterocycles. The molecule has 0 spiro atoms. The molecule has 0 radical (unpaired) electrons. The van der Waals surface area contributed by atoms with Crippen LogP contribution in [0.15, 0.2) is 97.1 Å². The number of nitrogens with zero attached hydrogens (tertiary/aromatic N) is 2. The lowest BCUT2D eigenvalue weighted by atomic mass is 9.95. The van der Waals surface area contributed by atoms with E-state index in [4.69, 9.17) is 19.0 Å². The number of hydroxylamine groups is 2. The van der Waals surface area contributed by atoms with Gasteiger partial charge < -0.3 is 24.4 Å². The average Bonchev–Trinajstić information content (AvgIpc) is 3.03. The zero-order valence-electron chi connectivity index (χ0n) is 23.6. The third kappa shape index (κ3) is 7.13. The van der Waals surface area contributed by atoms with E-state index in [1.165, 1.54) is 12.0 Å². The summed E-state index contributed by atoms with van der Waals surface area (Å²) in [7, 11) is 0. The summed E-state index contributed by atoms with van der Waals surface area (Å²) in [6.45, 7) is 2.45. The Kier molecular flexibility index (Phi) is 9.54. The predicted octanol–water partition coefficient (Wildman–Crippen LogP) is 5.27. The van der Waals surface area contributed by atoms with E-state index in [0.29, 0.717) is 47.2 Å². The number of aliphatic carboxylic acids is 1. The van der Waals surface area contributed by atoms with Crippen LogP contribution in [-0.4, -0.2) is 46.6 Å². The van der Waals surface area contributed by atoms with Crippen LogP contribution >= 0.6 is 0 Å². The summed E-state index contributed by atoms with van der Waals surface area (Å²) in [5.74, 6) is 0.329.